The number of aromatic hydroxyl groups is 1. The van der Waals surface area contributed by atoms with Gasteiger partial charge in [-0.25, -0.2) is 4.39 Å². The number of hydrogen-bond acceptors (Lipinski definition) is 5. The van der Waals surface area contributed by atoms with Crippen molar-refractivity contribution >= 4 is 17.7 Å². The number of nitrogens with zero attached hydrogens (tertiary/aromatic N) is 3. The quantitative estimate of drug-likeness (QED) is 0.300. The summed E-state index contributed by atoms with van der Waals surface area (Å²) in [4.78, 5) is 40.5. The number of nitrogens with one attached hydrogen (secondary N) is 3. The first kappa shape index (κ1) is 27.6. The Kier molecular flexibility index (Phi) is 8.14. The van der Waals surface area contributed by atoms with E-state index in [9.17, 15) is 23.9 Å². The number of aromatic amines is 1. The summed E-state index contributed by atoms with van der Waals surface area (Å²) >= 11 is 0. The average molecular weight is 559 g/mol. The summed E-state index contributed by atoms with van der Waals surface area (Å²) in [5.41, 5.74) is 3.13. The number of aryl methyl sites for hydroxylation is 1. The van der Waals surface area contributed by atoms with Gasteiger partial charge >= 0.3 is 0 Å². The van der Waals surface area contributed by atoms with Crippen LogP contribution in [-0.4, -0.2) is 68.7 Å². The van der Waals surface area contributed by atoms with Gasteiger partial charge < -0.3 is 25.2 Å². The third kappa shape index (κ3) is 6.29. The van der Waals surface area contributed by atoms with E-state index < -0.39 is 11.7 Å². The number of phenolic OH excluding ortho intramolecular Hbond substituents is 1. The number of hydrogen-bond donors (Lipinski definition) is 4. The highest BCUT2D eigenvalue weighted by Gasteiger charge is 2.21. The summed E-state index contributed by atoms with van der Waals surface area (Å²) in [5, 5.41) is 23.2. The second-order valence-corrected chi connectivity index (χ2v) is 9.97. The number of carbonyl (C=O) groups is 3. The number of benzene rings is 2. The maximum atomic E-state index is 14.8. The Hall–Kier alpha value is -4.93. The van der Waals surface area contributed by atoms with E-state index in [-0.39, 0.29) is 53.8 Å². The maximum Gasteiger partial charge on any atom is 0.271 e. The molecular weight excluding hydrogens is 527 g/mol. The van der Waals surface area contributed by atoms with E-state index in [1.165, 1.54) is 24.3 Å². The van der Waals surface area contributed by atoms with Gasteiger partial charge in [0.25, 0.3) is 11.8 Å². The molecule has 1 aliphatic rings. The molecule has 4 aromatic rings. The topological polar surface area (TPSA) is 132 Å². The molecule has 1 aliphatic heterocycles. The molecule has 0 saturated carbocycles. The fraction of sp³-hybridized carbons (Fsp3) is 0.267. The highest BCUT2D eigenvalue weighted by Crippen LogP contribution is 2.33. The zero-order chi connectivity index (χ0) is 28.9. The fourth-order valence-corrected chi connectivity index (χ4v) is 4.87. The predicted molar refractivity (Wildman–Crippen MR) is 151 cm³/mol. The first-order valence-electron chi connectivity index (χ1n) is 13.4. The van der Waals surface area contributed by atoms with Gasteiger partial charge in [-0.2, -0.15) is 5.10 Å². The van der Waals surface area contributed by atoms with E-state index in [0.29, 0.717) is 37.3 Å². The first-order valence-corrected chi connectivity index (χ1v) is 13.4. The minimum absolute atomic E-state index is 0.0900. The molecule has 5 rings (SSSR count). The molecule has 10 nitrogen and oxygen atoms in total. The lowest BCUT2D eigenvalue weighted by Gasteiger charge is -2.22. The lowest BCUT2D eigenvalue weighted by Crippen LogP contribution is -2.39. The number of amides is 3. The largest absolute Gasteiger partial charge is 0.507 e. The molecule has 0 radical (unpaired) electrons. The number of aromatic nitrogens is 3. The number of H-pyrrole nitrogens is 1. The van der Waals surface area contributed by atoms with Crippen molar-refractivity contribution in [3.63, 3.8) is 0 Å². The van der Waals surface area contributed by atoms with Gasteiger partial charge in [-0.15, -0.1) is 0 Å². The summed E-state index contributed by atoms with van der Waals surface area (Å²) in [6.45, 7) is 0.958. The highest BCUT2D eigenvalue weighted by molar-refractivity contribution is 5.96. The van der Waals surface area contributed by atoms with E-state index in [1.807, 2.05) is 29.9 Å². The van der Waals surface area contributed by atoms with Crippen LogP contribution in [0.15, 0.2) is 60.8 Å². The molecule has 212 valence electrons. The van der Waals surface area contributed by atoms with Gasteiger partial charge in [0.15, 0.2) is 0 Å². The van der Waals surface area contributed by atoms with Crippen molar-refractivity contribution in [3.05, 3.63) is 83.4 Å². The number of rotatable bonds is 2. The minimum atomic E-state index is -0.581. The molecule has 2 aromatic heterocycles. The minimum Gasteiger partial charge on any atom is -0.507 e. The fourth-order valence-electron chi connectivity index (χ4n) is 4.87. The molecule has 4 N–H and O–H groups in total. The molecule has 3 amide bonds. The van der Waals surface area contributed by atoms with E-state index in [4.69, 9.17) is 0 Å². The summed E-state index contributed by atoms with van der Waals surface area (Å²) < 4.78 is 16.7. The van der Waals surface area contributed by atoms with Crippen LogP contribution < -0.4 is 10.6 Å². The van der Waals surface area contributed by atoms with Crippen LogP contribution in [0, 0.1) is 5.82 Å². The van der Waals surface area contributed by atoms with E-state index in [0.717, 1.165) is 11.3 Å². The van der Waals surface area contributed by atoms with Gasteiger partial charge in [-0.3, -0.25) is 19.5 Å². The average Bonchev–Trinajstić information content (AvgIpc) is 3.61. The smallest absolute Gasteiger partial charge is 0.271 e. The van der Waals surface area contributed by atoms with Crippen LogP contribution in [0.5, 0.6) is 5.75 Å². The number of fused-ring (bicyclic) bond motifs is 5. The molecule has 0 fully saturated rings. The normalized spacial score (nSPS) is 15.0. The monoisotopic (exact) mass is 558 g/mol. The number of carbonyl (C=O) groups excluding carboxylic acids is 3. The summed E-state index contributed by atoms with van der Waals surface area (Å²) in [6.07, 6.45) is 2.99. The zero-order valence-corrected chi connectivity index (χ0v) is 22.6. The molecule has 0 spiro atoms. The number of phenols is 1. The molecule has 0 saturated heterocycles. The van der Waals surface area contributed by atoms with E-state index in [1.54, 1.807) is 23.1 Å². The zero-order valence-electron chi connectivity index (χ0n) is 22.6. The molecule has 2 aromatic carbocycles. The van der Waals surface area contributed by atoms with E-state index >= 15 is 0 Å². The van der Waals surface area contributed by atoms with Gasteiger partial charge in [0.1, 0.15) is 23.0 Å². The number of halogens is 1. The third-order valence-corrected chi connectivity index (χ3v) is 7.12. The van der Waals surface area contributed by atoms with Crippen molar-refractivity contribution in [2.24, 2.45) is 7.05 Å². The Morgan fingerprint density at radius 3 is 2.63 bits per heavy atom. The molecular formula is C30H31FN6O4. The van der Waals surface area contributed by atoms with Crippen LogP contribution in [0.4, 0.5) is 4.39 Å². The van der Waals surface area contributed by atoms with Gasteiger partial charge in [0.05, 0.1) is 5.69 Å². The van der Waals surface area contributed by atoms with Crippen molar-refractivity contribution in [2.75, 3.05) is 26.2 Å². The van der Waals surface area contributed by atoms with Crippen LogP contribution in [0.3, 0.4) is 0 Å². The van der Waals surface area contributed by atoms with Gasteiger partial charge in [-0.05, 0) is 66.9 Å². The van der Waals surface area contributed by atoms with Crippen molar-refractivity contribution in [1.29, 1.82) is 0 Å². The summed E-state index contributed by atoms with van der Waals surface area (Å²) in [7, 11) is 1.89. The maximum absolute atomic E-state index is 14.8. The molecule has 0 unspecified atom stereocenters. The van der Waals surface area contributed by atoms with Crippen LogP contribution >= 0.6 is 0 Å². The predicted octanol–water partition coefficient (Wildman–Crippen LogP) is 3.25. The molecule has 0 atom stereocenters. The standard InChI is InChI=1S/C30H31FN6O4/c1-36-13-2-4-26(36)24-18-25(35-34-24)30(41)37-14-3-5-28(39)32-11-10-19-6-9-27(38)22(16-19)21-17-20(7-8-23(21)31)29(40)33-12-15-37/h2,4,6-9,13,16-18,38H,3,5,10-12,14-15H2,1H3,(H,32,39)(H,33,40)(H,34,35). The molecule has 41 heavy (non-hydrogen) atoms. The van der Waals surface area contributed by atoms with Gasteiger partial charge in [0, 0.05) is 62.5 Å². The third-order valence-electron chi connectivity index (χ3n) is 7.12. The lowest BCUT2D eigenvalue weighted by atomic mass is 9.98. The van der Waals surface area contributed by atoms with Crippen LogP contribution in [-0.2, 0) is 18.3 Å². The Morgan fingerprint density at radius 2 is 1.83 bits per heavy atom. The van der Waals surface area contributed by atoms with Crippen LogP contribution in [0.2, 0.25) is 0 Å². The lowest BCUT2D eigenvalue weighted by molar-refractivity contribution is -0.121. The highest BCUT2D eigenvalue weighted by atomic mass is 19.1. The SMILES string of the molecule is Cn1cccc1-c1cc(C(=O)N2CCCC(=O)NCCc3ccc(O)c(c3)-c3cc(ccc3F)C(=O)NCC2)[nH]n1. The van der Waals surface area contributed by atoms with Crippen molar-refractivity contribution in [3.8, 4) is 28.3 Å². The Morgan fingerprint density at radius 1 is 0.976 bits per heavy atom. The van der Waals surface area contributed by atoms with Crippen molar-refractivity contribution in [2.45, 2.75) is 19.3 Å². The Bertz CT molecular complexity index is 1590. The molecule has 3 heterocycles. The second-order valence-electron chi connectivity index (χ2n) is 9.97. The Labute approximate surface area is 236 Å². The van der Waals surface area contributed by atoms with Crippen LogP contribution in [0.25, 0.3) is 22.5 Å². The van der Waals surface area contributed by atoms with Gasteiger partial charge in [-0.1, -0.05) is 6.07 Å². The molecule has 4 bridgehead atoms. The van der Waals surface area contributed by atoms with Crippen LogP contribution in [0.1, 0.15) is 39.3 Å². The van der Waals surface area contributed by atoms with E-state index in [2.05, 4.69) is 20.8 Å². The molecule has 11 heteroatoms. The Balaban J connectivity index is 1.38. The van der Waals surface area contributed by atoms with Crippen molar-refractivity contribution < 1.29 is 23.9 Å². The second kappa shape index (κ2) is 12.1. The summed E-state index contributed by atoms with van der Waals surface area (Å²) in [5.74, 6) is -1.60. The van der Waals surface area contributed by atoms with Crippen molar-refractivity contribution in [1.82, 2.24) is 30.3 Å². The molecule has 0 aliphatic carbocycles. The first-order chi connectivity index (χ1) is 19.8. The van der Waals surface area contributed by atoms with Gasteiger partial charge in [0.2, 0.25) is 5.91 Å². The summed E-state index contributed by atoms with van der Waals surface area (Å²) in [6, 6.07) is 14.3.